The van der Waals surface area contributed by atoms with Gasteiger partial charge in [0.2, 0.25) is 0 Å². The van der Waals surface area contributed by atoms with Gasteiger partial charge >= 0.3 is 25.2 Å². The Morgan fingerprint density at radius 3 is 1.77 bits per heavy atom. The van der Waals surface area contributed by atoms with Gasteiger partial charge in [0.05, 0.1) is 0 Å². The Kier molecular flexibility index (Phi) is 5.55. The molecule has 0 saturated heterocycles. The third kappa shape index (κ3) is 4.61. The molecule has 1 aromatic rings. The van der Waals surface area contributed by atoms with E-state index >= 15 is 0 Å². The quantitative estimate of drug-likeness (QED) is 0.475. The molecule has 0 radical (unpaired) electrons. The van der Waals surface area contributed by atoms with Crippen LogP contribution in [-0.4, -0.2) is 0 Å². The van der Waals surface area contributed by atoms with Crippen molar-refractivity contribution in [2.24, 2.45) is 0 Å². The van der Waals surface area contributed by atoms with Gasteiger partial charge in [0, 0.05) is 0 Å². The van der Waals surface area contributed by atoms with Gasteiger partial charge in [-0.25, -0.2) is 0 Å². The van der Waals surface area contributed by atoms with Crippen LogP contribution in [0.3, 0.4) is 0 Å². The van der Waals surface area contributed by atoms with Crippen LogP contribution in [0.5, 0.6) is 0 Å². The first-order valence-corrected chi connectivity index (χ1v) is 5.69. The number of halogens is 1. The van der Waals surface area contributed by atoms with Crippen molar-refractivity contribution in [2.45, 2.75) is 26.2 Å². The summed E-state index contributed by atoms with van der Waals surface area (Å²) < 4.78 is 0. The molecule has 0 saturated carbocycles. The van der Waals surface area contributed by atoms with E-state index in [1.807, 2.05) is 0 Å². The van der Waals surface area contributed by atoms with Crippen LogP contribution in [0.4, 0.5) is 0 Å². The molecule has 0 aromatic heterocycles. The second-order valence-electron chi connectivity index (χ2n) is 3.95. The molecule has 0 aliphatic carbocycles. The standard InChI is InChI=1S/C11H15.ClH.Mn/c1-9-5-7-10(8-6-9)11(2,3)4;;/h5-8H,1H2,2-4H3;1H;/q-1;;+2/p-1. The van der Waals surface area contributed by atoms with E-state index in [9.17, 15) is 0 Å². The zero-order valence-corrected chi connectivity index (χ0v) is 10.2. The van der Waals surface area contributed by atoms with E-state index in [0.717, 1.165) is 5.56 Å². The fourth-order valence-corrected chi connectivity index (χ4v) is 1.00. The van der Waals surface area contributed by atoms with Crippen molar-refractivity contribution >= 4 is 10.1 Å². The summed E-state index contributed by atoms with van der Waals surface area (Å²) in [5.74, 6) is 0. The summed E-state index contributed by atoms with van der Waals surface area (Å²) in [5.41, 5.74) is 2.70. The van der Waals surface area contributed by atoms with Crippen LogP contribution in [0, 0.1) is 6.92 Å². The van der Waals surface area contributed by atoms with Gasteiger partial charge in [-0.05, 0) is 5.41 Å². The van der Waals surface area contributed by atoms with Crippen LogP contribution in [0.25, 0.3) is 0 Å². The summed E-state index contributed by atoms with van der Waals surface area (Å²) in [7, 11) is 4.45. The molecule has 73 valence electrons. The Bertz CT molecular complexity index is 233. The van der Waals surface area contributed by atoms with Crippen molar-refractivity contribution in [2.75, 3.05) is 0 Å². The van der Waals surface area contributed by atoms with E-state index in [4.69, 9.17) is 0 Å². The third-order valence-corrected chi connectivity index (χ3v) is 1.82. The van der Waals surface area contributed by atoms with Crippen molar-refractivity contribution in [1.29, 1.82) is 0 Å². The minimum atomic E-state index is 0.258. The summed E-state index contributed by atoms with van der Waals surface area (Å²) >= 11 is 2.41. The Balaban J connectivity index is 0.000000671. The maximum atomic E-state index is 4.45. The predicted octanol–water partition coefficient (Wildman–Crippen LogP) is 3.85. The molecule has 0 amide bonds. The van der Waals surface area contributed by atoms with Gasteiger partial charge in [0.25, 0.3) is 0 Å². The maximum absolute atomic E-state index is 4.45. The predicted molar refractivity (Wildman–Crippen MR) is 55.5 cm³/mol. The van der Waals surface area contributed by atoms with Crippen LogP contribution >= 0.6 is 10.1 Å². The Hall–Kier alpha value is -0.101. The molecule has 0 atom stereocenters. The zero-order chi connectivity index (χ0) is 10.5. The molecule has 2 heteroatoms. The summed E-state index contributed by atoms with van der Waals surface area (Å²) in [4.78, 5) is 0. The van der Waals surface area contributed by atoms with Crippen LogP contribution in [-0.2, 0) is 20.5 Å². The molecule has 0 N–H and O–H groups in total. The van der Waals surface area contributed by atoms with Crippen molar-refractivity contribution < 1.29 is 15.1 Å². The summed E-state index contributed by atoms with van der Waals surface area (Å²) in [6, 6.07) is 8.39. The SMILES string of the molecule is [CH2-]c1ccc(C(C)(C)C)cc1.[Cl][Mn+]. The molecule has 0 aliphatic rings. The summed E-state index contributed by atoms with van der Waals surface area (Å²) in [6.07, 6.45) is 0. The molecule has 1 rings (SSSR count). The number of hydrogen-bond acceptors (Lipinski definition) is 0. The second-order valence-corrected chi connectivity index (χ2v) is 3.95. The fourth-order valence-electron chi connectivity index (χ4n) is 1.00. The van der Waals surface area contributed by atoms with Crippen LogP contribution in [0.2, 0.25) is 0 Å². The number of benzene rings is 1. The monoisotopic (exact) mass is 237 g/mol. The zero-order valence-electron chi connectivity index (χ0n) is 8.27. The molecule has 1 aromatic carbocycles. The van der Waals surface area contributed by atoms with Gasteiger partial charge in [-0.1, -0.05) is 26.3 Å². The molecule has 0 unspecified atom stereocenters. The molecule has 0 aliphatic heterocycles. The third-order valence-electron chi connectivity index (χ3n) is 1.82. The normalized spacial score (nSPS) is 10.2. The summed E-state index contributed by atoms with van der Waals surface area (Å²) in [6.45, 7) is 10.5. The average molecular weight is 238 g/mol. The van der Waals surface area contributed by atoms with Gasteiger partial charge in [0.15, 0.2) is 0 Å². The van der Waals surface area contributed by atoms with Gasteiger partial charge in [-0.3, -0.25) is 0 Å². The van der Waals surface area contributed by atoms with Gasteiger partial charge < -0.3 is 0 Å². The van der Waals surface area contributed by atoms with E-state index in [1.54, 1.807) is 0 Å². The van der Waals surface area contributed by atoms with Crippen LogP contribution in [0.1, 0.15) is 31.9 Å². The first-order valence-electron chi connectivity index (χ1n) is 4.07. The fraction of sp³-hybridized carbons (Fsp3) is 0.364. The van der Waals surface area contributed by atoms with E-state index in [2.05, 4.69) is 77.2 Å². The van der Waals surface area contributed by atoms with Gasteiger partial charge in [-0.15, -0.1) is 12.1 Å². The van der Waals surface area contributed by atoms with Crippen LogP contribution < -0.4 is 0 Å². The molecule has 0 fully saturated rings. The Labute approximate surface area is 93.7 Å². The molecule has 0 bridgehead atoms. The molecule has 0 heterocycles. The second kappa shape index (κ2) is 5.59. The van der Waals surface area contributed by atoms with Gasteiger partial charge in [0.1, 0.15) is 0 Å². The van der Waals surface area contributed by atoms with Crippen molar-refractivity contribution in [3.05, 3.63) is 42.3 Å². The minimum absolute atomic E-state index is 0.258. The number of rotatable bonds is 0. The van der Waals surface area contributed by atoms with Crippen molar-refractivity contribution in [1.82, 2.24) is 0 Å². The molecule has 0 nitrogen and oxygen atoms in total. The average Bonchev–Trinajstić information content (AvgIpc) is 2.07. The molecule has 13 heavy (non-hydrogen) atoms. The van der Waals surface area contributed by atoms with E-state index in [-0.39, 0.29) is 5.41 Å². The Morgan fingerprint density at radius 1 is 1.08 bits per heavy atom. The molecular formula is C11H15ClMn. The molecular weight excluding hydrogens is 223 g/mol. The summed E-state index contributed by atoms with van der Waals surface area (Å²) in [5, 5.41) is 0. The van der Waals surface area contributed by atoms with E-state index in [0.29, 0.717) is 0 Å². The first kappa shape index (κ1) is 12.9. The van der Waals surface area contributed by atoms with Crippen molar-refractivity contribution in [3.63, 3.8) is 0 Å². The molecule has 0 spiro atoms. The van der Waals surface area contributed by atoms with E-state index < -0.39 is 0 Å². The van der Waals surface area contributed by atoms with E-state index in [1.165, 1.54) is 5.56 Å². The Morgan fingerprint density at radius 2 is 1.46 bits per heavy atom. The van der Waals surface area contributed by atoms with Crippen LogP contribution in [0.15, 0.2) is 24.3 Å². The topological polar surface area (TPSA) is 0 Å². The first-order chi connectivity index (χ1) is 6.00. The number of hydrogen-bond donors (Lipinski definition) is 0. The van der Waals surface area contributed by atoms with Gasteiger partial charge in [-0.2, -0.15) is 24.6 Å². The van der Waals surface area contributed by atoms with Crippen molar-refractivity contribution in [3.8, 4) is 0 Å².